The van der Waals surface area contributed by atoms with Crippen molar-refractivity contribution in [1.82, 2.24) is 4.98 Å². The Hall–Kier alpha value is -0.190. The van der Waals surface area contributed by atoms with Gasteiger partial charge in [-0.05, 0) is 13.8 Å². The summed E-state index contributed by atoms with van der Waals surface area (Å²) in [6.45, 7) is 7.23. The summed E-state index contributed by atoms with van der Waals surface area (Å²) in [4.78, 5) is 4.17. The van der Waals surface area contributed by atoms with Crippen LogP contribution in [0.3, 0.4) is 0 Å². The molecule has 0 radical (unpaired) electrons. The number of halogens is 1. The molecule has 62 valence electrons. The van der Waals surface area contributed by atoms with Gasteiger partial charge in [0.1, 0.15) is 12.2 Å². The van der Waals surface area contributed by atoms with Gasteiger partial charge in [0.2, 0.25) is 0 Å². The van der Waals surface area contributed by atoms with Crippen molar-refractivity contribution in [3.8, 4) is 0 Å². The fourth-order valence-electron chi connectivity index (χ4n) is 0.971. The molecule has 0 aromatic carbocycles. The van der Waals surface area contributed by atoms with Gasteiger partial charge in [-0.2, -0.15) is 4.57 Å². The summed E-state index contributed by atoms with van der Waals surface area (Å²) >= 11 is 0. The first-order chi connectivity index (χ1) is 4.74. The fraction of sp³-hybridized carbons (Fsp3) is 0.500. The fourth-order valence-corrected chi connectivity index (χ4v) is 0.971. The van der Waals surface area contributed by atoms with E-state index in [2.05, 4.69) is 29.6 Å². The molecule has 1 aromatic rings. The summed E-state index contributed by atoms with van der Waals surface area (Å²) in [6, 6.07) is 0. The molecule has 0 amide bonds. The molecule has 0 aliphatic rings. The standard InChI is InChI=1S/C8H13N2.HI/c1-4-10-6-7(2)9-5-8(10)3;/h5-6H,4H2,1-3H3;1H/q+1;/p-1. The van der Waals surface area contributed by atoms with E-state index >= 15 is 0 Å². The number of hydrogen-bond donors (Lipinski definition) is 0. The highest BCUT2D eigenvalue weighted by atomic mass is 127. The Kier molecular flexibility index (Phi) is 4.56. The highest BCUT2D eigenvalue weighted by molar-refractivity contribution is 4.90. The van der Waals surface area contributed by atoms with E-state index in [9.17, 15) is 0 Å². The van der Waals surface area contributed by atoms with Crippen LogP contribution in [0.4, 0.5) is 0 Å². The molecule has 0 saturated carbocycles. The predicted octanol–water partition coefficient (Wildman–Crippen LogP) is -1.99. The summed E-state index contributed by atoms with van der Waals surface area (Å²) in [5.74, 6) is 0. The summed E-state index contributed by atoms with van der Waals surface area (Å²) in [5.41, 5.74) is 2.29. The predicted molar refractivity (Wildman–Crippen MR) is 39.6 cm³/mol. The lowest BCUT2D eigenvalue weighted by molar-refractivity contribution is -0.700. The zero-order valence-corrected chi connectivity index (χ0v) is 9.29. The van der Waals surface area contributed by atoms with Crippen LogP contribution < -0.4 is 28.5 Å². The average Bonchev–Trinajstić information content (AvgIpc) is 1.94. The Balaban J connectivity index is 0.000001000. The molecule has 0 fully saturated rings. The van der Waals surface area contributed by atoms with E-state index in [0.717, 1.165) is 12.2 Å². The second-order valence-corrected chi connectivity index (χ2v) is 2.46. The monoisotopic (exact) mass is 264 g/mol. The third-order valence-corrected chi connectivity index (χ3v) is 1.59. The second-order valence-electron chi connectivity index (χ2n) is 2.46. The Morgan fingerprint density at radius 1 is 1.45 bits per heavy atom. The average molecular weight is 264 g/mol. The third-order valence-electron chi connectivity index (χ3n) is 1.59. The first-order valence-corrected chi connectivity index (χ1v) is 3.56. The molecule has 0 unspecified atom stereocenters. The van der Waals surface area contributed by atoms with Crippen molar-refractivity contribution in [2.24, 2.45) is 0 Å². The Morgan fingerprint density at radius 2 is 2.09 bits per heavy atom. The van der Waals surface area contributed by atoms with Crippen molar-refractivity contribution in [2.75, 3.05) is 0 Å². The van der Waals surface area contributed by atoms with Crippen molar-refractivity contribution < 1.29 is 28.5 Å². The molecular formula is C8H13IN2. The van der Waals surface area contributed by atoms with E-state index in [1.54, 1.807) is 0 Å². The minimum atomic E-state index is 0. The van der Waals surface area contributed by atoms with Gasteiger partial charge in [0.15, 0.2) is 11.9 Å². The smallest absolute Gasteiger partial charge is 0.196 e. The molecule has 0 N–H and O–H groups in total. The molecule has 3 heteroatoms. The topological polar surface area (TPSA) is 16.8 Å². The molecule has 1 heterocycles. The van der Waals surface area contributed by atoms with E-state index in [4.69, 9.17) is 0 Å². The van der Waals surface area contributed by atoms with Crippen molar-refractivity contribution in [3.63, 3.8) is 0 Å². The maximum atomic E-state index is 4.17. The normalized spacial score (nSPS) is 9.00. The minimum absolute atomic E-state index is 0. The van der Waals surface area contributed by atoms with E-state index in [1.165, 1.54) is 5.69 Å². The molecule has 0 aliphatic heterocycles. The van der Waals surface area contributed by atoms with Gasteiger partial charge >= 0.3 is 0 Å². The highest BCUT2D eigenvalue weighted by Crippen LogP contribution is 1.88. The van der Waals surface area contributed by atoms with E-state index in [-0.39, 0.29) is 24.0 Å². The molecule has 0 saturated heterocycles. The molecule has 1 rings (SSSR count). The van der Waals surface area contributed by atoms with Gasteiger partial charge in [-0.15, -0.1) is 0 Å². The van der Waals surface area contributed by atoms with Crippen LogP contribution in [-0.2, 0) is 6.54 Å². The van der Waals surface area contributed by atoms with Crippen molar-refractivity contribution >= 4 is 0 Å². The number of hydrogen-bond acceptors (Lipinski definition) is 1. The van der Waals surface area contributed by atoms with Gasteiger partial charge in [0, 0.05) is 6.92 Å². The number of aromatic nitrogens is 2. The van der Waals surface area contributed by atoms with Crippen LogP contribution in [-0.4, -0.2) is 4.98 Å². The van der Waals surface area contributed by atoms with Gasteiger partial charge in [0.25, 0.3) is 0 Å². The SMILES string of the molecule is CC[n+]1cc(C)ncc1C.[I-]. The van der Waals surface area contributed by atoms with Crippen molar-refractivity contribution in [3.05, 3.63) is 23.8 Å². The molecule has 11 heavy (non-hydrogen) atoms. The Labute approximate surface area is 84.7 Å². The summed E-state index contributed by atoms with van der Waals surface area (Å²) in [7, 11) is 0. The van der Waals surface area contributed by atoms with E-state index in [0.29, 0.717) is 0 Å². The lowest BCUT2D eigenvalue weighted by Gasteiger charge is -1.95. The van der Waals surface area contributed by atoms with Crippen LogP contribution in [0.1, 0.15) is 18.3 Å². The molecule has 1 aromatic heterocycles. The maximum absolute atomic E-state index is 4.17. The molecule has 0 atom stereocenters. The summed E-state index contributed by atoms with van der Waals surface area (Å²) < 4.78 is 2.18. The van der Waals surface area contributed by atoms with Gasteiger partial charge in [-0.1, -0.05) is 0 Å². The quantitative estimate of drug-likeness (QED) is 0.424. The molecule has 0 bridgehead atoms. The zero-order chi connectivity index (χ0) is 7.56. The number of rotatable bonds is 1. The third kappa shape index (κ3) is 2.73. The summed E-state index contributed by atoms with van der Waals surface area (Å²) in [6.07, 6.45) is 3.97. The molecule has 0 aliphatic carbocycles. The number of nitrogens with zero attached hydrogens (tertiary/aromatic N) is 2. The highest BCUT2D eigenvalue weighted by Gasteiger charge is 2.02. The van der Waals surface area contributed by atoms with E-state index in [1.807, 2.05) is 13.1 Å². The van der Waals surface area contributed by atoms with Crippen LogP contribution in [0.25, 0.3) is 0 Å². The minimum Gasteiger partial charge on any atom is -1.00 e. The summed E-state index contributed by atoms with van der Waals surface area (Å²) in [5, 5.41) is 0. The van der Waals surface area contributed by atoms with Gasteiger partial charge in [0.05, 0.1) is 6.20 Å². The lowest BCUT2D eigenvalue weighted by Crippen LogP contribution is -3.00. The van der Waals surface area contributed by atoms with Gasteiger partial charge in [-0.25, -0.2) is 4.98 Å². The number of aryl methyl sites for hydroxylation is 3. The zero-order valence-electron chi connectivity index (χ0n) is 7.13. The molecule has 0 spiro atoms. The largest absolute Gasteiger partial charge is 1.00 e. The Morgan fingerprint density at radius 3 is 2.55 bits per heavy atom. The molecular weight excluding hydrogens is 251 g/mol. The van der Waals surface area contributed by atoms with Crippen LogP contribution in [0, 0.1) is 13.8 Å². The van der Waals surface area contributed by atoms with Crippen LogP contribution >= 0.6 is 0 Å². The lowest BCUT2D eigenvalue weighted by atomic mass is 10.4. The van der Waals surface area contributed by atoms with E-state index < -0.39 is 0 Å². The second kappa shape index (κ2) is 4.64. The first kappa shape index (κ1) is 10.8. The van der Waals surface area contributed by atoms with Gasteiger partial charge < -0.3 is 24.0 Å². The van der Waals surface area contributed by atoms with Gasteiger partial charge in [-0.3, -0.25) is 0 Å². The van der Waals surface area contributed by atoms with Crippen molar-refractivity contribution in [2.45, 2.75) is 27.3 Å². The van der Waals surface area contributed by atoms with Crippen LogP contribution in [0.2, 0.25) is 0 Å². The Bertz CT molecular complexity index is 236. The van der Waals surface area contributed by atoms with Crippen LogP contribution in [0.15, 0.2) is 12.4 Å². The van der Waals surface area contributed by atoms with Crippen LogP contribution in [0.5, 0.6) is 0 Å². The first-order valence-electron chi connectivity index (χ1n) is 3.56. The maximum Gasteiger partial charge on any atom is 0.196 e. The molecule has 2 nitrogen and oxygen atoms in total. The van der Waals surface area contributed by atoms with Crippen molar-refractivity contribution in [1.29, 1.82) is 0 Å².